The third-order valence-corrected chi connectivity index (χ3v) is 3.53. The molecule has 0 aliphatic heterocycles. The molecule has 2 rings (SSSR count). The second-order valence-electron chi connectivity index (χ2n) is 5.69. The summed E-state index contributed by atoms with van der Waals surface area (Å²) in [6.07, 6.45) is 13.0. The van der Waals surface area contributed by atoms with Crippen molar-refractivity contribution in [1.82, 2.24) is 4.98 Å². The number of pyridine rings is 1. The standard InChI is InChI=1S/C6H11.C5H5N.2C4H8N2O2.Co/c2*1-2-4-6-5-3-1;2*1-3(5-7)4(2)6-8;/h1H,2-6H2;1-5H;2*7-8H,1-2H3;/q-1;;;;/b;;2*5-3+,6-4+;. The zero-order valence-electron chi connectivity index (χ0n) is 17.4. The fraction of sp³-hybridized carbons (Fsp3) is 0.474. The van der Waals surface area contributed by atoms with E-state index < -0.39 is 0 Å². The van der Waals surface area contributed by atoms with E-state index in [0.29, 0.717) is 22.8 Å². The van der Waals surface area contributed by atoms with Crippen LogP contribution < -0.4 is 0 Å². The number of hydrogen-bond donors (Lipinski definition) is 4. The summed E-state index contributed by atoms with van der Waals surface area (Å²) in [4.78, 5) is 3.78. The molecule has 0 saturated heterocycles. The Bertz CT molecular complexity index is 502. The number of nitrogens with zero attached hydrogens (tertiary/aromatic N) is 5. The third-order valence-electron chi connectivity index (χ3n) is 3.53. The predicted octanol–water partition coefficient (Wildman–Crippen LogP) is 4.61. The summed E-state index contributed by atoms with van der Waals surface area (Å²) in [5.41, 5.74) is 1.25. The molecular formula is C19H32CoN5O4-. The quantitative estimate of drug-likeness (QED) is 0.224. The van der Waals surface area contributed by atoms with Crippen LogP contribution in [0.5, 0.6) is 0 Å². The first-order valence-electron chi connectivity index (χ1n) is 8.86. The number of aromatic nitrogens is 1. The first kappa shape index (κ1) is 31.2. The topological polar surface area (TPSA) is 143 Å². The Morgan fingerprint density at radius 1 is 0.655 bits per heavy atom. The monoisotopic (exact) mass is 453 g/mol. The number of hydrogen-bond acceptors (Lipinski definition) is 9. The van der Waals surface area contributed by atoms with Gasteiger partial charge >= 0.3 is 0 Å². The molecule has 1 saturated carbocycles. The summed E-state index contributed by atoms with van der Waals surface area (Å²) in [6.45, 7) is 6.15. The molecule has 1 aliphatic carbocycles. The van der Waals surface area contributed by atoms with Gasteiger partial charge in [-0.1, -0.05) is 46.0 Å². The molecule has 0 aromatic carbocycles. The van der Waals surface area contributed by atoms with E-state index in [1.165, 1.54) is 59.8 Å². The molecule has 0 unspecified atom stereocenters. The van der Waals surface area contributed by atoms with Crippen LogP contribution in [-0.2, 0) is 16.8 Å². The average Bonchev–Trinajstić information content (AvgIpc) is 2.80. The van der Waals surface area contributed by atoms with Gasteiger partial charge in [0.15, 0.2) is 0 Å². The minimum Gasteiger partial charge on any atom is -0.411 e. The molecule has 167 valence electrons. The fourth-order valence-corrected chi connectivity index (χ4v) is 1.50. The number of oxime groups is 4. The molecule has 29 heavy (non-hydrogen) atoms. The van der Waals surface area contributed by atoms with Crippen LogP contribution >= 0.6 is 0 Å². The van der Waals surface area contributed by atoms with Gasteiger partial charge in [0.05, 0.1) is 0 Å². The minimum absolute atomic E-state index is 0. The van der Waals surface area contributed by atoms with Gasteiger partial charge in [0, 0.05) is 29.2 Å². The van der Waals surface area contributed by atoms with Crippen LogP contribution in [0, 0.1) is 6.42 Å². The summed E-state index contributed by atoms with van der Waals surface area (Å²) in [5, 5.41) is 43.3. The second kappa shape index (κ2) is 23.6. The molecule has 0 spiro atoms. The molecule has 1 heterocycles. The van der Waals surface area contributed by atoms with Gasteiger partial charge in [-0.25, -0.2) is 0 Å². The molecule has 9 nitrogen and oxygen atoms in total. The van der Waals surface area contributed by atoms with E-state index >= 15 is 0 Å². The maximum atomic E-state index is 8.03. The molecular weight excluding hydrogens is 421 g/mol. The van der Waals surface area contributed by atoms with Crippen LogP contribution in [0.4, 0.5) is 0 Å². The van der Waals surface area contributed by atoms with E-state index in [9.17, 15) is 0 Å². The molecule has 1 aliphatic rings. The van der Waals surface area contributed by atoms with E-state index in [4.69, 9.17) is 20.8 Å². The largest absolute Gasteiger partial charge is 0.411 e. The van der Waals surface area contributed by atoms with Crippen molar-refractivity contribution >= 4 is 22.8 Å². The zero-order valence-corrected chi connectivity index (χ0v) is 18.4. The van der Waals surface area contributed by atoms with Crippen molar-refractivity contribution in [1.29, 1.82) is 0 Å². The van der Waals surface area contributed by atoms with E-state index in [1.807, 2.05) is 18.2 Å². The molecule has 0 amide bonds. The van der Waals surface area contributed by atoms with Crippen LogP contribution in [0.1, 0.15) is 59.8 Å². The van der Waals surface area contributed by atoms with Crippen LogP contribution in [-0.4, -0.2) is 48.7 Å². The van der Waals surface area contributed by atoms with Crippen molar-refractivity contribution in [3.63, 3.8) is 0 Å². The minimum atomic E-state index is 0. The van der Waals surface area contributed by atoms with Crippen LogP contribution in [0.3, 0.4) is 0 Å². The van der Waals surface area contributed by atoms with Crippen LogP contribution in [0.2, 0.25) is 0 Å². The molecule has 0 atom stereocenters. The van der Waals surface area contributed by atoms with E-state index in [2.05, 4.69) is 32.0 Å². The maximum Gasteiger partial charge on any atom is 0.101 e. The molecule has 1 fully saturated rings. The molecule has 10 heteroatoms. The Balaban J connectivity index is -0.000000309. The third kappa shape index (κ3) is 21.7. The second-order valence-corrected chi connectivity index (χ2v) is 5.69. The van der Waals surface area contributed by atoms with Crippen molar-refractivity contribution in [2.45, 2.75) is 59.8 Å². The molecule has 4 N–H and O–H groups in total. The first-order valence-corrected chi connectivity index (χ1v) is 8.86. The molecule has 0 bridgehead atoms. The van der Waals surface area contributed by atoms with E-state index in [0.717, 1.165) is 0 Å². The Morgan fingerprint density at radius 2 is 1.00 bits per heavy atom. The smallest absolute Gasteiger partial charge is 0.101 e. The van der Waals surface area contributed by atoms with Gasteiger partial charge in [-0.15, -0.1) is 0 Å². The van der Waals surface area contributed by atoms with Gasteiger partial charge in [-0.3, -0.25) is 4.98 Å². The number of rotatable bonds is 2. The summed E-state index contributed by atoms with van der Waals surface area (Å²) in [5.74, 6) is 0. The van der Waals surface area contributed by atoms with Crippen molar-refractivity contribution in [2.24, 2.45) is 20.6 Å². The van der Waals surface area contributed by atoms with Crippen molar-refractivity contribution in [3.8, 4) is 0 Å². The fourth-order valence-electron chi connectivity index (χ4n) is 1.50. The average molecular weight is 453 g/mol. The van der Waals surface area contributed by atoms with Gasteiger partial charge in [0.2, 0.25) is 0 Å². The summed E-state index contributed by atoms with van der Waals surface area (Å²) < 4.78 is 0. The van der Waals surface area contributed by atoms with Crippen LogP contribution in [0.15, 0.2) is 51.2 Å². The van der Waals surface area contributed by atoms with E-state index in [-0.39, 0.29) is 16.8 Å². The maximum absolute atomic E-state index is 8.03. The van der Waals surface area contributed by atoms with Gasteiger partial charge in [-0.05, 0) is 39.8 Å². The normalized spacial score (nSPS) is 14.5. The molecule has 1 aromatic rings. The Hall–Kier alpha value is -2.46. The van der Waals surface area contributed by atoms with Gasteiger partial charge in [-0.2, -0.15) is 12.8 Å². The predicted molar refractivity (Wildman–Crippen MR) is 111 cm³/mol. The van der Waals surface area contributed by atoms with Crippen LogP contribution in [0.25, 0.3) is 0 Å². The van der Waals surface area contributed by atoms with Crippen molar-refractivity contribution in [3.05, 3.63) is 37.0 Å². The molecule has 1 aromatic heterocycles. The van der Waals surface area contributed by atoms with Gasteiger partial charge < -0.3 is 27.2 Å². The first-order chi connectivity index (χ1) is 13.4. The molecule has 1 radical (unpaired) electrons. The van der Waals surface area contributed by atoms with Gasteiger partial charge in [0.1, 0.15) is 22.8 Å². The summed E-state index contributed by atoms with van der Waals surface area (Å²) >= 11 is 0. The Labute approximate surface area is 183 Å². The van der Waals surface area contributed by atoms with Gasteiger partial charge in [0.25, 0.3) is 0 Å². The Kier molecular flexibility index (Phi) is 25.4. The van der Waals surface area contributed by atoms with Crippen molar-refractivity contribution in [2.75, 3.05) is 0 Å². The summed E-state index contributed by atoms with van der Waals surface area (Å²) in [6, 6.07) is 5.72. The van der Waals surface area contributed by atoms with Crippen molar-refractivity contribution < 1.29 is 37.6 Å². The zero-order chi connectivity index (χ0) is 21.6. The summed E-state index contributed by atoms with van der Waals surface area (Å²) in [7, 11) is 0. The van der Waals surface area contributed by atoms with E-state index in [1.54, 1.807) is 12.4 Å². The Morgan fingerprint density at radius 3 is 1.10 bits per heavy atom. The SMILES string of the molecule is CC(=N\O)/C(C)=N/O.CC(=N\O)/C(C)=N/O.[CH-]1CCCCC1.[Co].c1ccncc1.